The zero-order valence-corrected chi connectivity index (χ0v) is 11.3. The summed E-state index contributed by atoms with van der Waals surface area (Å²) >= 11 is 5.83. The fourth-order valence-electron chi connectivity index (χ4n) is 1.40. The van der Waals surface area contributed by atoms with E-state index in [1.54, 1.807) is 19.2 Å². The summed E-state index contributed by atoms with van der Waals surface area (Å²) < 4.78 is 5.08. The maximum absolute atomic E-state index is 5.83. The van der Waals surface area contributed by atoms with Gasteiger partial charge in [0.05, 0.1) is 0 Å². The second-order valence-corrected chi connectivity index (χ2v) is 5.26. The van der Waals surface area contributed by atoms with Gasteiger partial charge in [0.25, 0.3) is 0 Å². The summed E-state index contributed by atoms with van der Waals surface area (Å²) in [4.78, 5) is 4.16. The van der Waals surface area contributed by atoms with Crippen LogP contribution in [0, 0.1) is 5.41 Å². The molecule has 0 bridgehead atoms. The van der Waals surface area contributed by atoms with Gasteiger partial charge in [-0.1, -0.05) is 25.4 Å². The first-order chi connectivity index (χ1) is 7.93. The average molecular weight is 258 g/mol. The van der Waals surface area contributed by atoms with Crippen LogP contribution in [0.2, 0.25) is 5.15 Å². The number of pyridine rings is 1. The molecule has 0 aliphatic carbocycles. The van der Waals surface area contributed by atoms with E-state index >= 15 is 0 Å². The molecule has 0 atom stereocenters. The Labute approximate surface area is 108 Å². The van der Waals surface area contributed by atoms with Gasteiger partial charge in [-0.15, -0.1) is 0 Å². The molecule has 1 aromatic heterocycles. The third-order valence-electron chi connectivity index (χ3n) is 2.55. The number of halogens is 1. The lowest BCUT2D eigenvalue weighted by Crippen LogP contribution is -2.25. The van der Waals surface area contributed by atoms with Gasteiger partial charge in [-0.3, -0.25) is 0 Å². The summed E-state index contributed by atoms with van der Waals surface area (Å²) in [5, 5.41) is 3.65. The van der Waals surface area contributed by atoms with E-state index in [1.807, 2.05) is 0 Å². The molecule has 0 aliphatic heterocycles. The first-order valence-electron chi connectivity index (χ1n) is 5.59. The third-order valence-corrected chi connectivity index (χ3v) is 2.74. The Morgan fingerprint density at radius 1 is 1.47 bits per heavy atom. The molecule has 96 valence electrons. The van der Waals surface area contributed by atoms with Crippen LogP contribution in [-0.2, 0) is 4.74 Å². The van der Waals surface area contributed by atoms with Gasteiger partial charge in [-0.05, 0) is 17.9 Å². The van der Waals surface area contributed by atoms with Crippen LogP contribution in [0.25, 0.3) is 0 Å². The van der Waals surface area contributed by atoms with Gasteiger partial charge < -0.3 is 15.8 Å². The molecule has 5 heteroatoms. The molecule has 0 fully saturated rings. The number of methoxy groups -OCH3 is 1. The normalized spacial score (nSPS) is 11.5. The van der Waals surface area contributed by atoms with Crippen LogP contribution >= 0.6 is 11.6 Å². The highest BCUT2D eigenvalue weighted by Crippen LogP contribution is 2.22. The van der Waals surface area contributed by atoms with E-state index in [0.29, 0.717) is 16.7 Å². The second-order valence-electron chi connectivity index (χ2n) is 4.87. The van der Waals surface area contributed by atoms with Crippen LogP contribution in [-0.4, -0.2) is 25.2 Å². The molecule has 0 aliphatic rings. The van der Waals surface area contributed by atoms with Crippen molar-refractivity contribution in [3.8, 4) is 0 Å². The Morgan fingerprint density at radius 2 is 2.18 bits per heavy atom. The lowest BCUT2D eigenvalue weighted by Gasteiger charge is -2.24. The molecule has 1 heterocycles. The number of hydrogen-bond acceptors (Lipinski definition) is 4. The first kappa shape index (κ1) is 14.1. The van der Waals surface area contributed by atoms with Gasteiger partial charge in [-0.25, -0.2) is 4.98 Å². The number of nitrogen functional groups attached to an aromatic ring is 1. The van der Waals surface area contributed by atoms with E-state index in [1.165, 1.54) is 0 Å². The Balaban J connectivity index is 2.54. The van der Waals surface area contributed by atoms with Gasteiger partial charge in [0, 0.05) is 32.0 Å². The number of anilines is 2. The largest absolute Gasteiger partial charge is 0.399 e. The Morgan fingerprint density at radius 3 is 2.76 bits per heavy atom. The standard InChI is InChI=1S/C12H20ClN3O/c1-12(2,4-5-17-3)8-15-11-7-9(14)6-10(13)16-11/h6-7H,4-5,8H2,1-3H3,(H3,14,15,16). The summed E-state index contributed by atoms with van der Waals surface area (Å²) in [7, 11) is 1.71. The lowest BCUT2D eigenvalue weighted by molar-refractivity contribution is 0.157. The molecule has 0 saturated carbocycles. The lowest BCUT2D eigenvalue weighted by atomic mass is 9.90. The van der Waals surface area contributed by atoms with Crippen molar-refractivity contribution >= 4 is 23.1 Å². The highest BCUT2D eigenvalue weighted by molar-refractivity contribution is 6.29. The monoisotopic (exact) mass is 257 g/mol. The topological polar surface area (TPSA) is 60.2 Å². The summed E-state index contributed by atoms with van der Waals surface area (Å²) in [6.07, 6.45) is 0.979. The van der Waals surface area contributed by atoms with E-state index < -0.39 is 0 Å². The Bertz CT molecular complexity index is 349. The molecule has 0 unspecified atom stereocenters. The van der Waals surface area contributed by atoms with Gasteiger partial charge in [0.2, 0.25) is 0 Å². The number of hydrogen-bond donors (Lipinski definition) is 2. The number of ether oxygens (including phenoxy) is 1. The van der Waals surface area contributed by atoms with E-state index in [-0.39, 0.29) is 5.41 Å². The molecule has 1 rings (SSSR count). The first-order valence-corrected chi connectivity index (χ1v) is 5.97. The van der Waals surface area contributed by atoms with Crippen molar-refractivity contribution in [3.05, 3.63) is 17.3 Å². The quantitative estimate of drug-likeness (QED) is 0.770. The molecule has 4 nitrogen and oxygen atoms in total. The van der Waals surface area contributed by atoms with Gasteiger partial charge >= 0.3 is 0 Å². The molecule has 17 heavy (non-hydrogen) atoms. The summed E-state index contributed by atoms with van der Waals surface area (Å²) in [6.45, 7) is 5.89. The van der Waals surface area contributed by atoms with Gasteiger partial charge in [0.1, 0.15) is 11.0 Å². The van der Waals surface area contributed by atoms with Crippen molar-refractivity contribution in [2.75, 3.05) is 31.3 Å². The van der Waals surface area contributed by atoms with E-state index in [2.05, 4.69) is 24.1 Å². The molecule has 0 aromatic carbocycles. The molecular weight excluding hydrogens is 238 g/mol. The number of nitrogens with zero attached hydrogens (tertiary/aromatic N) is 1. The zero-order valence-electron chi connectivity index (χ0n) is 10.6. The molecule has 0 amide bonds. The van der Waals surface area contributed by atoms with Crippen LogP contribution in [0.1, 0.15) is 20.3 Å². The van der Waals surface area contributed by atoms with Crippen molar-refractivity contribution < 1.29 is 4.74 Å². The fourth-order valence-corrected chi connectivity index (χ4v) is 1.62. The summed E-state index contributed by atoms with van der Waals surface area (Å²) in [5.74, 6) is 0.709. The van der Waals surface area contributed by atoms with Crippen LogP contribution in [0.3, 0.4) is 0 Å². The predicted molar refractivity (Wildman–Crippen MR) is 72.4 cm³/mol. The number of rotatable bonds is 6. The van der Waals surface area contributed by atoms with Gasteiger partial charge in [-0.2, -0.15) is 0 Å². The maximum atomic E-state index is 5.83. The summed E-state index contributed by atoms with van der Waals surface area (Å²) in [6, 6.07) is 3.40. The smallest absolute Gasteiger partial charge is 0.133 e. The molecular formula is C12H20ClN3O. The minimum absolute atomic E-state index is 0.134. The highest BCUT2D eigenvalue weighted by atomic mass is 35.5. The van der Waals surface area contributed by atoms with E-state index in [0.717, 1.165) is 19.6 Å². The number of aromatic nitrogens is 1. The Kier molecular flexibility index (Phi) is 5.02. The summed E-state index contributed by atoms with van der Waals surface area (Å²) in [5.41, 5.74) is 6.44. The molecule has 0 radical (unpaired) electrons. The second kappa shape index (κ2) is 6.07. The van der Waals surface area contributed by atoms with Crippen molar-refractivity contribution in [1.82, 2.24) is 4.98 Å². The van der Waals surface area contributed by atoms with Crippen molar-refractivity contribution in [3.63, 3.8) is 0 Å². The third kappa shape index (κ3) is 5.24. The van der Waals surface area contributed by atoms with Crippen molar-refractivity contribution in [2.45, 2.75) is 20.3 Å². The fraction of sp³-hybridized carbons (Fsp3) is 0.583. The van der Waals surface area contributed by atoms with Crippen molar-refractivity contribution in [1.29, 1.82) is 0 Å². The Hall–Kier alpha value is -1.00. The van der Waals surface area contributed by atoms with Gasteiger partial charge in [0.15, 0.2) is 0 Å². The molecule has 0 spiro atoms. The SMILES string of the molecule is COCCC(C)(C)CNc1cc(N)cc(Cl)n1. The molecule has 1 aromatic rings. The molecule has 3 N–H and O–H groups in total. The predicted octanol–water partition coefficient (Wildman–Crippen LogP) is 2.79. The number of nitrogens with one attached hydrogen (secondary N) is 1. The van der Waals surface area contributed by atoms with E-state index in [9.17, 15) is 0 Å². The average Bonchev–Trinajstić information content (AvgIpc) is 2.23. The van der Waals surface area contributed by atoms with Crippen LogP contribution in [0.4, 0.5) is 11.5 Å². The maximum Gasteiger partial charge on any atom is 0.133 e. The highest BCUT2D eigenvalue weighted by Gasteiger charge is 2.17. The number of nitrogens with two attached hydrogens (primary N) is 1. The minimum Gasteiger partial charge on any atom is -0.399 e. The van der Waals surface area contributed by atoms with Crippen molar-refractivity contribution in [2.24, 2.45) is 5.41 Å². The zero-order chi connectivity index (χ0) is 12.9. The van der Waals surface area contributed by atoms with Crippen LogP contribution in [0.15, 0.2) is 12.1 Å². The van der Waals surface area contributed by atoms with E-state index in [4.69, 9.17) is 22.1 Å². The van der Waals surface area contributed by atoms with Crippen LogP contribution < -0.4 is 11.1 Å². The molecule has 0 saturated heterocycles. The van der Waals surface area contributed by atoms with Crippen LogP contribution in [0.5, 0.6) is 0 Å². The minimum atomic E-state index is 0.134.